The summed E-state index contributed by atoms with van der Waals surface area (Å²) in [5.74, 6) is 1.30. The molecule has 2 N–H and O–H groups in total. The van der Waals surface area contributed by atoms with Crippen molar-refractivity contribution in [2.75, 3.05) is 20.8 Å². The lowest BCUT2D eigenvalue weighted by atomic mass is 9.80. The van der Waals surface area contributed by atoms with E-state index >= 15 is 0 Å². The van der Waals surface area contributed by atoms with Gasteiger partial charge in [-0.3, -0.25) is 0 Å². The van der Waals surface area contributed by atoms with E-state index in [1.54, 1.807) is 26.4 Å². The van der Waals surface area contributed by atoms with Gasteiger partial charge >= 0.3 is 0 Å². The van der Waals surface area contributed by atoms with Gasteiger partial charge in [0.15, 0.2) is 0 Å². The molecule has 0 saturated heterocycles. The molecule has 1 unspecified atom stereocenters. The minimum Gasteiger partial charge on any atom is -0.497 e. The molecular formula is C13H18FNO2. The molecule has 4 heteroatoms. The molecule has 0 aliphatic heterocycles. The van der Waals surface area contributed by atoms with Crippen LogP contribution in [-0.4, -0.2) is 20.8 Å². The molecule has 0 radical (unpaired) electrons. The molecule has 17 heavy (non-hydrogen) atoms. The first kappa shape index (κ1) is 12.2. The largest absolute Gasteiger partial charge is 0.497 e. The van der Waals surface area contributed by atoms with Crippen molar-refractivity contribution in [3.05, 3.63) is 23.3 Å². The number of alkyl halides is 1. The standard InChI is InChI=1S/C13H18FNO2/c1-16-9-6-11-10(12(7-9)17-2)4-3-5-13(11,14)8-15/h6-7H,3-5,8,15H2,1-2H3. The number of fused-ring (bicyclic) bond motifs is 1. The molecule has 0 aromatic heterocycles. The molecule has 0 bridgehead atoms. The lowest BCUT2D eigenvalue weighted by Gasteiger charge is -2.32. The average molecular weight is 239 g/mol. The van der Waals surface area contributed by atoms with Crippen LogP contribution in [0.4, 0.5) is 4.39 Å². The number of hydrogen-bond donors (Lipinski definition) is 1. The van der Waals surface area contributed by atoms with E-state index in [1.165, 1.54) is 0 Å². The molecular weight excluding hydrogens is 221 g/mol. The van der Waals surface area contributed by atoms with Gasteiger partial charge in [0.25, 0.3) is 0 Å². The van der Waals surface area contributed by atoms with E-state index in [4.69, 9.17) is 15.2 Å². The van der Waals surface area contributed by atoms with Crippen molar-refractivity contribution >= 4 is 0 Å². The fourth-order valence-electron chi connectivity index (χ4n) is 2.47. The number of nitrogens with two attached hydrogens (primary N) is 1. The molecule has 0 saturated carbocycles. The third-order valence-electron chi connectivity index (χ3n) is 3.44. The van der Waals surface area contributed by atoms with E-state index in [-0.39, 0.29) is 6.54 Å². The van der Waals surface area contributed by atoms with Crippen LogP contribution in [0.15, 0.2) is 12.1 Å². The zero-order chi connectivity index (χ0) is 12.5. The molecule has 0 amide bonds. The van der Waals surface area contributed by atoms with E-state index in [2.05, 4.69) is 0 Å². The predicted molar refractivity (Wildman–Crippen MR) is 64.3 cm³/mol. The number of methoxy groups -OCH3 is 2. The van der Waals surface area contributed by atoms with Gasteiger partial charge in [0, 0.05) is 23.7 Å². The Morgan fingerprint density at radius 1 is 1.35 bits per heavy atom. The lowest BCUT2D eigenvalue weighted by molar-refractivity contribution is 0.145. The maximum atomic E-state index is 14.7. The Bertz CT molecular complexity index is 422. The Hall–Kier alpha value is -1.29. The van der Waals surface area contributed by atoms with Crippen LogP contribution in [0.5, 0.6) is 11.5 Å². The van der Waals surface area contributed by atoms with Crippen molar-refractivity contribution in [2.45, 2.75) is 24.9 Å². The average Bonchev–Trinajstić information content (AvgIpc) is 2.38. The summed E-state index contributed by atoms with van der Waals surface area (Å²) < 4.78 is 25.2. The highest BCUT2D eigenvalue weighted by Crippen LogP contribution is 2.43. The summed E-state index contributed by atoms with van der Waals surface area (Å²) in [6, 6.07) is 3.53. The molecule has 0 heterocycles. The first-order valence-electron chi connectivity index (χ1n) is 5.79. The number of halogens is 1. The van der Waals surface area contributed by atoms with Crippen LogP contribution >= 0.6 is 0 Å². The van der Waals surface area contributed by atoms with Gasteiger partial charge in [-0.25, -0.2) is 4.39 Å². The highest BCUT2D eigenvalue weighted by molar-refractivity contribution is 5.50. The molecule has 3 nitrogen and oxygen atoms in total. The van der Waals surface area contributed by atoms with Crippen molar-refractivity contribution in [1.82, 2.24) is 0 Å². The summed E-state index contributed by atoms with van der Waals surface area (Å²) in [5.41, 5.74) is 5.68. The van der Waals surface area contributed by atoms with Gasteiger partial charge in [-0.1, -0.05) is 0 Å². The monoisotopic (exact) mass is 239 g/mol. The van der Waals surface area contributed by atoms with Gasteiger partial charge in [0.05, 0.1) is 14.2 Å². The smallest absolute Gasteiger partial charge is 0.148 e. The molecule has 1 aromatic rings. The Morgan fingerprint density at radius 2 is 2.12 bits per heavy atom. The summed E-state index contributed by atoms with van der Waals surface area (Å²) >= 11 is 0. The topological polar surface area (TPSA) is 44.5 Å². The van der Waals surface area contributed by atoms with Gasteiger partial charge in [0.1, 0.15) is 17.2 Å². The van der Waals surface area contributed by atoms with E-state index in [9.17, 15) is 4.39 Å². The second kappa shape index (κ2) is 4.53. The van der Waals surface area contributed by atoms with Gasteiger partial charge in [-0.05, 0) is 25.3 Å². The summed E-state index contributed by atoms with van der Waals surface area (Å²) in [4.78, 5) is 0. The highest BCUT2D eigenvalue weighted by atomic mass is 19.1. The quantitative estimate of drug-likeness (QED) is 0.879. The van der Waals surface area contributed by atoms with Crippen LogP contribution in [-0.2, 0) is 12.1 Å². The van der Waals surface area contributed by atoms with E-state index in [0.717, 1.165) is 18.4 Å². The predicted octanol–water partition coefficient (Wildman–Crippen LogP) is 2.16. The number of ether oxygens (including phenoxy) is 2. The van der Waals surface area contributed by atoms with Crippen molar-refractivity contribution in [3.8, 4) is 11.5 Å². The number of benzene rings is 1. The Labute approximate surface area is 101 Å². The van der Waals surface area contributed by atoms with Crippen LogP contribution in [0.1, 0.15) is 24.0 Å². The molecule has 1 aromatic carbocycles. The molecule has 0 spiro atoms. The minimum atomic E-state index is -1.45. The number of rotatable bonds is 3. The fourth-order valence-corrected chi connectivity index (χ4v) is 2.47. The SMILES string of the molecule is COc1cc(OC)c2c(c1)C(F)(CN)CCC2. The second-order valence-corrected chi connectivity index (χ2v) is 4.38. The molecule has 1 atom stereocenters. The highest BCUT2D eigenvalue weighted by Gasteiger charge is 2.37. The fraction of sp³-hybridized carbons (Fsp3) is 0.538. The van der Waals surface area contributed by atoms with Crippen LogP contribution in [0.2, 0.25) is 0 Å². The molecule has 2 rings (SSSR count). The third kappa shape index (κ3) is 1.97. The molecule has 94 valence electrons. The zero-order valence-corrected chi connectivity index (χ0v) is 10.3. The van der Waals surface area contributed by atoms with Crippen LogP contribution < -0.4 is 15.2 Å². The normalized spacial score (nSPS) is 23.1. The first-order chi connectivity index (χ1) is 8.14. The van der Waals surface area contributed by atoms with Crippen LogP contribution in [0.25, 0.3) is 0 Å². The van der Waals surface area contributed by atoms with E-state index in [1.807, 2.05) is 0 Å². The van der Waals surface area contributed by atoms with Crippen LogP contribution in [0.3, 0.4) is 0 Å². The Morgan fingerprint density at radius 3 is 2.71 bits per heavy atom. The van der Waals surface area contributed by atoms with Crippen molar-refractivity contribution in [3.63, 3.8) is 0 Å². The molecule has 1 aliphatic carbocycles. The van der Waals surface area contributed by atoms with Gasteiger partial charge < -0.3 is 15.2 Å². The van der Waals surface area contributed by atoms with Gasteiger partial charge in [-0.15, -0.1) is 0 Å². The van der Waals surface area contributed by atoms with Gasteiger partial charge in [0.2, 0.25) is 0 Å². The molecule has 1 aliphatic rings. The Balaban J connectivity index is 2.59. The van der Waals surface area contributed by atoms with Crippen molar-refractivity contribution in [1.29, 1.82) is 0 Å². The maximum absolute atomic E-state index is 14.7. The second-order valence-electron chi connectivity index (χ2n) is 4.38. The maximum Gasteiger partial charge on any atom is 0.148 e. The van der Waals surface area contributed by atoms with Crippen molar-refractivity contribution < 1.29 is 13.9 Å². The third-order valence-corrected chi connectivity index (χ3v) is 3.44. The first-order valence-corrected chi connectivity index (χ1v) is 5.79. The lowest BCUT2D eigenvalue weighted by Crippen LogP contribution is -2.34. The Kier molecular flexibility index (Phi) is 3.24. The summed E-state index contributed by atoms with van der Waals surface area (Å²) in [5, 5.41) is 0. The summed E-state index contributed by atoms with van der Waals surface area (Å²) in [7, 11) is 3.15. The van der Waals surface area contributed by atoms with E-state index in [0.29, 0.717) is 23.5 Å². The van der Waals surface area contributed by atoms with Crippen molar-refractivity contribution in [2.24, 2.45) is 5.73 Å². The van der Waals surface area contributed by atoms with E-state index < -0.39 is 5.67 Å². The van der Waals surface area contributed by atoms with Crippen LogP contribution in [0, 0.1) is 0 Å². The zero-order valence-electron chi connectivity index (χ0n) is 10.3. The molecule has 0 fully saturated rings. The minimum absolute atomic E-state index is 0.00365. The summed E-state index contributed by atoms with van der Waals surface area (Å²) in [6.45, 7) is -0.00365. The number of hydrogen-bond acceptors (Lipinski definition) is 3. The van der Waals surface area contributed by atoms with Gasteiger partial charge in [-0.2, -0.15) is 0 Å². The summed E-state index contributed by atoms with van der Waals surface area (Å²) in [6.07, 6.45) is 2.09.